The van der Waals surface area contributed by atoms with Gasteiger partial charge in [0.15, 0.2) is 0 Å². The van der Waals surface area contributed by atoms with Crippen molar-refractivity contribution in [2.75, 3.05) is 6.54 Å². The van der Waals surface area contributed by atoms with Crippen molar-refractivity contribution in [2.24, 2.45) is 0 Å². The first-order chi connectivity index (χ1) is 11.6. The van der Waals surface area contributed by atoms with Crippen molar-refractivity contribution in [2.45, 2.75) is 51.6 Å². The summed E-state index contributed by atoms with van der Waals surface area (Å²) in [6.45, 7) is 4.74. The lowest BCUT2D eigenvalue weighted by atomic mass is 10.1. The van der Waals surface area contributed by atoms with Gasteiger partial charge in [0.25, 0.3) is 0 Å². The average molecular weight is 375 g/mol. The van der Waals surface area contributed by atoms with E-state index in [9.17, 15) is 18.4 Å². The summed E-state index contributed by atoms with van der Waals surface area (Å²) >= 11 is 5.69. The highest BCUT2D eigenvalue weighted by Crippen LogP contribution is 2.24. The summed E-state index contributed by atoms with van der Waals surface area (Å²) in [6, 6.07) is 3.45. The second kappa shape index (κ2) is 7.56. The van der Waals surface area contributed by atoms with Gasteiger partial charge in [-0.05, 0) is 26.8 Å². The lowest BCUT2D eigenvalue weighted by Gasteiger charge is -2.27. The lowest BCUT2D eigenvalue weighted by Crippen LogP contribution is -2.47. The zero-order valence-electron chi connectivity index (χ0n) is 14.3. The van der Waals surface area contributed by atoms with Crippen molar-refractivity contribution >= 4 is 23.6 Å². The number of rotatable bonds is 3. The number of ether oxygens (including phenoxy) is 1. The molecule has 138 valence electrons. The molecule has 25 heavy (non-hydrogen) atoms. The van der Waals surface area contributed by atoms with Gasteiger partial charge in [0.2, 0.25) is 5.91 Å². The standard InChI is InChI=1S/C17H21ClF2N2O3/c1-17(2,3)25-16(24)22-9-11(19)7-13(22)15(23)21-8-10-5-4-6-12(18)14(10)20/h4-6,11,13H,7-9H2,1-3H3,(H,21,23). The molecule has 2 atom stereocenters. The SMILES string of the molecule is CC(C)(C)OC(=O)N1CC(F)CC1C(=O)NCc1cccc(Cl)c1F. The van der Waals surface area contributed by atoms with Crippen molar-refractivity contribution in [3.05, 3.63) is 34.6 Å². The third-order valence-electron chi connectivity index (χ3n) is 3.67. The van der Waals surface area contributed by atoms with Crippen molar-refractivity contribution < 1.29 is 23.1 Å². The Morgan fingerprint density at radius 1 is 1.40 bits per heavy atom. The van der Waals surface area contributed by atoms with Gasteiger partial charge in [-0.2, -0.15) is 0 Å². The van der Waals surface area contributed by atoms with Crippen LogP contribution in [0.4, 0.5) is 13.6 Å². The molecular formula is C17H21ClF2N2O3. The molecule has 1 N–H and O–H groups in total. The zero-order chi connectivity index (χ0) is 18.8. The van der Waals surface area contributed by atoms with Crippen LogP contribution in [0.15, 0.2) is 18.2 Å². The minimum absolute atomic E-state index is 0.0492. The number of benzene rings is 1. The lowest BCUT2D eigenvalue weighted by molar-refractivity contribution is -0.125. The monoisotopic (exact) mass is 374 g/mol. The second-order valence-corrected chi connectivity index (χ2v) is 7.32. The van der Waals surface area contributed by atoms with Crippen LogP contribution >= 0.6 is 11.6 Å². The molecule has 0 aliphatic carbocycles. The highest BCUT2D eigenvalue weighted by molar-refractivity contribution is 6.30. The first-order valence-electron chi connectivity index (χ1n) is 7.93. The maximum Gasteiger partial charge on any atom is 0.411 e. The van der Waals surface area contributed by atoms with E-state index < -0.39 is 35.6 Å². The first kappa shape index (κ1) is 19.4. The minimum Gasteiger partial charge on any atom is -0.444 e. The quantitative estimate of drug-likeness (QED) is 0.881. The van der Waals surface area contributed by atoms with Crippen LogP contribution in [-0.2, 0) is 16.1 Å². The van der Waals surface area contributed by atoms with Gasteiger partial charge >= 0.3 is 6.09 Å². The van der Waals surface area contributed by atoms with Crippen LogP contribution in [0, 0.1) is 5.82 Å². The number of hydrogen-bond acceptors (Lipinski definition) is 3. The molecule has 1 saturated heterocycles. The van der Waals surface area contributed by atoms with E-state index in [1.54, 1.807) is 26.8 Å². The molecule has 1 aromatic rings. The third-order valence-corrected chi connectivity index (χ3v) is 3.96. The van der Waals surface area contributed by atoms with Crippen LogP contribution in [0.5, 0.6) is 0 Å². The number of amides is 2. The molecule has 2 unspecified atom stereocenters. The molecule has 5 nitrogen and oxygen atoms in total. The molecule has 0 spiro atoms. The molecular weight excluding hydrogens is 354 g/mol. The van der Waals surface area contributed by atoms with Gasteiger partial charge in [-0.1, -0.05) is 23.7 Å². The van der Waals surface area contributed by atoms with Crippen molar-refractivity contribution in [3.63, 3.8) is 0 Å². The predicted octanol–water partition coefficient (Wildman–Crippen LogP) is 3.44. The van der Waals surface area contributed by atoms with Gasteiger partial charge < -0.3 is 10.1 Å². The molecule has 2 rings (SSSR count). The summed E-state index contributed by atoms with van der Waals surface area (Å²) < 4.78 is 32.8. The fourth-order valence-electron chi connectivity index (χ4n) is 2.54. The van der Waals surface area contributed by atoms with E-state index in [4.69, 9.17) is 16.3 Å². The number of nitrogens with one attached hydrogen (secondary N) is 1. The van der Waals surface area contributed by atoms with Gasteiger partial charge in [0.1, 0.15) is 23.6 Å². The van der Waals surface area contributed by atoms with Gasteiger partial charge in [-0.15, -0.1) is 0 Å². The predicted molar refractivity (Wildman–Crippen MR) is 89.5 cm³/mol. The molecule has 2 amide bonds. The molecule has 1 aliphatic rings. The second-order valence-electron chi connectivity index (χ2n) is 6.91. The van der Waals surface area contributed by atoms with E-state index >= 15 is 0 Å². The fourth-order valence-corrected chi connectivity index (χ4v) is 2.73. The number of halogens is 3. The molecule has 1 aliphatic heterocycles. The Hall–Kier alpha value is -1.89. The molecule has 0 radical (unpaired) electrons. The number of carbonyl (C=O) groups is 2. The molecule has 0 aromatic heterocycles. The number of alkyl halides is 1. The Balaban J connectivity index is 2.03. The van der Waals surface area contributed by atoms with E-state index in [1.165, 1.54) is 12.1 Å². The molecule has 1 heterocycles. The maximum atomic E-state index is 13.9. The van der Waals surface area contributed by atoms with Crippen LogP contribution in [0.3, 0.4) is 0 Å². The normalized spacial score (nSPS) is 20.5. The van der Waals surface area contributed by atoms with E-state index in [2.05, 4.69) is 5.32 Å². The third kappa shape index (κ3) is 5.04. The Bertz CT molecular complexity index is 664. The highest BCUT2D eigenvalue weighted by atomic mass is 35.5. The topological polar surface area (TPSA) is 58.6 Å². The molecule has 0 bridgehead atoms. The molecule has 1 fully saturated rings. The van der Waals surface area contributed by atoms with Gasteiger partial charge in [0.05, 0.1) is 11.6 Å². The molecule has 1 aromatic carbocycles. The van der Waals surface area contributed by atoms with Gasteiger partial charge in [-0.25, -0.2) is 13.6 Å². The van der Waals surface area contributed by atoms with Crippen LogP contribution in [0.1, 0.15) is 32.8 Å². The number of nitrogens with zero attached hydrogens (tertiary/aromatic N) is 1. The minimum atomic E-state index is -1.31. The van der Waals surface area contributed by atoms with E-state index in [1.807, 2.05) is 0 Å². The summed E-state index contributed by atoms with van der Waals surface area (Å²) in [6.07, 6.45) is -2.18. The maximum absolute atomic E-state index is 13.9. The number of carbonyl (C=O) groups excluding carboxylic acids is 2. The summed E-state index contributed by atoms with van der Waals surface area (Å²) in [5, 5.41) is 2.47. The average Bonchev–Trinajstić information content (AvgIpc) is 2.89. The summed E-state index contributed by atoms with van der Waals surface area (Å²) in [4.78, 5) is 25.6. The van der Waals surface area contributed by atoms with E-state index in [0.29, 0.717) is 0 Å². The van der Waals surface area contributed by atoms with Gasteiger partial charge in [0, 0.05) is 18.5 Å². The van der Waals surface area contributed by atoms with Crippen molar-refractivity contribution in [1.82, 2.24) is 10.2 Å². The highest BCUT2D eigenvalue weighted by Gasteiger charge is 2.41. The summed E-state index contributed by atoms with van der Waals surface area (Å²) in [7, 11) is 0. The van der Waals surface area contributed by atoms with Gasteiger partial charge in [-0.3, -0.25) is 9.69 Å². The van der Waals surface area contributed by atoms with Crippen LogP contribution in [-0.4, -0.2) is 41.3 Å². The Morgan fingerprint density at radius 3 is 2.72 bits per heavy atom. The first-order valence-corrected chi connectivity index (χ1v) is 8.30. The molecule has 8 heteroatoms. The largest absolute Gasteiger partial charge is 0.444 e. The Labute approximate surface area is 150 Å². The number of likely N-dealkylation sites (tertiary alicyclic amines) is 1. The molecule has 0 saturated carbocycles. The van der Waals surface area contributed by atoms with E-state index in [-0.39, 0.29) is 30.1 Å². The van der Waals surface area contributed by atoms with Crippen LogP contribution < -0.4 is 5.32 Å². The van der Waals surface area contributed by atoms with Crippen molar-refractivity contribution in [3.8, 4) is 0 Å². The van der Waals surface area contributed by atoms with Crippen LogP contribution in [0.25, 0.3) is 0 Å². The Kier molecular flexibility index (Phi) is 5.87. The number of hydrogen-bond donors (Lipinski definition) is 1. The van der Waals surface area contributed by atoms with E-state index in [0.717, 1.165) is 4.90 Å². The van der Waals surface area contributed by atoms with Crippen LogP contribution in [0.2, 0.25) is 5.02 Å². The smallest absolute Gasteiger partial charge is 0.411 e. The Morgan fingerprint density at radius 2 is 2.08 bits per heavy atom. The van der Waals surface area contributed by atoms with Crippen molar-refractivity contribution in [1.29, 1.82) is 0 Å². The fraction of sp³-hybridized carbons (Fsp3) is 0.529. The summed E-state index contributed by atoms with van der Waals surface area (Å²) in [5.41, 5.74) is -0.546. The zero-order valence-corrected chi connectivity index (χ0v) is 15.1. The summed E-state index contributed by atoms with van der Waals surface area (Å²) in [5.74, 6) is -1.19.